The maximum absolute atomic E-state index is 12.9. The van der Waals surface area contributed by atoms with Crippen LogP contribution in [0.25, 0.3) is 10.9 Å². The molecule has 126 valence electrons. The van der Waals surface area contributed by atoms with Crippen molar-refractivity contribution in [1.29, 1.82) is 0 Å². The first-order valence-corrected chi connectivity index (χ1v) is 8.73. The van der Waals surface area contributed by atoms with E-state index in [1.165, 1.54) is 4.90 Å². The normalized spacial score (nSPS) is 26.1. The Kier molecular flexibility index (Phi) is 3.73. The van der Waals surface area contributed by atoms with Gasteiger partial charge < -0.3 is 15.0 Å². The molecule has 1 amide bonds. The van der Waals surface area contributed by atoms with Gasteiger partial charge in [0.1, 0.15) is 11.7 Å². The molecule has 1 aliphatic heterocycles. The molecule has 0 bridgehead atoms. The van der Waals surface area contributed by atoms with Gasteiger partial charge in [-0.2, -0.15) is 0 Å². The van der Waals surface area contributed by atoms with Gasteiger partial charge in [-0.1, -0.05) is 29.6 Å². The van der Waals surface area contributed by atoms with Crippen molar-refractivity contribution in [1.82, 2.24) is 9.88 Å². The van der Waals surface area contributed by atoms with Crippen molar-refractivity contribution in [2.75, 3.05) is 6.54 Å². The smallest absolute Gasteiger partial charge is 0.326 e. The highest BCUT2D eigenvalue weighted by Gasteiger charge is 2.49. The fraction of sp³-hybridized carbons (Fsp3) is 0.412. The van der Waals surface area contributed by atoms with Crippen LogP contribution in [0.5, 0.6) is 0 Å². The Morgan fingerprint density at radius 2 is 2.00 bits per heavy atom. The second-order valence-electron chi connectivity index (χ2n) is 6.63. The summed E-state index contributed by atoms with van der Waals surface area (Å²) in [6.07, 6.45) is 2.91. The number of likely N-dealkylation sites (tertiary alicyclic amines) is 1. The summed E-state index contributed by atoms with van der Waals surface area (Å²) in [5.41, 5.74) is 1.02. The molecule has 1 aromatic heterocycles. The Hall–Kier alpha value is -1.72. The molecule has 2 heterocycles. The van der Waals surface area contributed by atoms with Gasteiger partial charge in [-0.3, -0.25) is 4.79 Å². The average molecular weight is 367 g/mol. The van der Waals surface area contributed by atoms with Gasteiger partial charge in [0, 0.05) is 22.5 Å². The summed E-state index contributed by atoms with van der Waals surface area (Å²) < 4.78 is 0. The minimum Gasteiger partial charge on any atom is -0.480 e. The molecule has 1 saturated carbocycles. The topological polar surface area (TPSA) is 73.4 Å². The number of carbonyl (C=O) groups excluding carboxylic acids is 1. The third-order valence-electron chi connectivity index (χ3n) is 5.29. The van der Waals surface area contributed by atoms with Crippen molar-refractivity contribution in [3.05, 3.63) is 33.9 Å². The highest BCUT2D eigenvalue weighted by Crippen LogP contribution is 2.43. The van der Waals surface area contributed by atoms with Gasteiger partial charge >= 0.3 is 5.97 Å². The maximum atomic E-state index is 12.9. The second-order valence-corrected chi connectivity index (χ2v) is 7.47. The van der Waals surface area contributed by atoms with Crippen molar-refractivity contribution in [2.45, 2.75) is 25.3 Å². The minimum absolute atomic E-state index is 0.0638. The summed E-state index contributed by atoms with van der Waals surface area (Å²) in [5, 5.41) is 11.2. The molecule has 0 unspecified atom stereocenters. The highest BCUT2D eigenvalue weighted by atomic mass is 35.5. The van der Waals surface area contributed by atoms with Gasteiger partial charge in [0.15, 0.2) is 0 Å². The van der Waals surface area contributed by atoms with E-state index in [0.29, 0.717) is 33.2 Å². The number of aromatic nitrogens is 1. The molecule has 24 heavy (non-hydrogen) atoms. The number of aromatic amines is 1. The molecule has 1 aromatic carbocycles. The number of hydrogen-bond donors (Lipinski definition) is 2. The van der Waals surface area contributed by atoms with Gasteiger partial charge in [0.05, 0.1) is 5.02 Å². The fourth-order valence-corrected chi connectivity index (χ4v) is 4.81. The number of aliphatic carboxylic acids is 1. The van der Waals surface area contributed by atoms with Crippen LogP contribution in [0, 0.1) is 11.8 Å². The molecule has 1 saturated heterocycles. The molecule has 2 fully saturated rings. The van der Waals surface area contributed by atoms with Crippen LogP contribution in [0.2, 0.25) is 10.0 Å². The number of carbonyl (C=O) groups is 2. The number of nitrogens with zero attached hydrogens (tertiary/aromatic N) is 1. The van der Waals surface area contributed by atoms with Crippen molar-refractivity contribution in [3.8, 4) is 0 Å². The lowest BCUT2D eigenvalue weighted by molar-refractivity contribution is -0.142. The molecule has 7 heteroatoms. The maximum Gasteiger partial charge on any atom is 0.326 e. The zero-order valence-corrected chi connectivity index (χ0v) is 14.3. The van der Waals surface area contributed by atoms with Crippen LogP contribution in [0.3, 0.4) is 0 Å². The molecule has 0 spiro atoms. The molecule has 2 N–H and O–H groups in total. The molecule has 1 aliphatic carbocycles. The van der Waals surface area contributed by atoms with Crippen molar-refractivity contribution in [3.63, 3.8) is 0 Å². The number of H-pyrrole nitrogens is 1. The van der Waals surface area contributed by atoms with Gasteiger partial charge in [-0.05, 0) is 42.9 Å². The van der Waals surface area contributed by atoms with E-state index in [1.807, 2.05) is 0 Å². The Morgan fingerprint density at radius 1 is 1.21 bits per heavy atom. The van der Waals surface area contributed by atoms with E-state index in [4.69, 9.17) is 23.2 Å². The number of rotatable bonds is 2. The Balaban J connectivity index is 1.70. The Labute approximate surface area is 148 Å². The molecule has 0 radical (unpaired) electrons. The first-order chi connectivity index (χ1) is 11.5. The van der Waals surface area contributed by atoms with E-state index < -0.39 is 12.0 Å². The number of carboxylic acid groups (broad SMARTS) is 1. The first-order valence-electron chi connectivity index (χ1n) is 7.97. The predicted molar refractivity (Wildman–Crippen MR) is 91.6 cm³/mol. The SMILES string of the molecule is O=C(O)[C@@H]1[C@H]2CCC[C@H]2CN1C(=O)c1cc2c(Cl)cc(Cl)cc2[nH]1. The number of benzene rings is 1. The number of fused-ring (bicyclic) bond motifs is 2. The molecule has 2 aromatic rings. The van der Waals surface area contributed by atoms with Crippen LogP contribution in [-0.4, -0.2) is 39.5 Å². The minimum atomic E-state index is -0.921. The number of hydrogen-bond acceptors (Lipinski definition) is 2. The number of carboxylic acids is 1. The lowest BCUT2D eigenvalue weighted by Crippen LogP contribution is -2.43. The van der Waals surface area contributed by atoms with E-state index in [0.717, 1.165) is 19.3 Å². The summed E-state index contributed by atoms with van der Waals surface area (Å²) in [6, 6.07) is 4.25. The zero-order valence-electron chi connectivity index (χ0n) is 12.8. The first kappa shape index (κ1) is 15.8. The molecular formula is C17H16Cl2N2O3. The van der Waals surface area contributed by atoms with E-state index in [2.05, 4.69) is 4.98 Å². The van der Waals surface area contributed by atoms with Crippen LogP contribution in [0.1, 0.15) is 29.8 Å². The number of nitrogens with one attached hydrogen (secondary N) is 1. The van der Waals surface area contributed by atoms with Gasteiger partial charge in [0.2, 0.25) is 0 Å². The van der Waals surface area contributed by atoms with E-state index in [9.17, 15) is 14.7 Å². The molecule has 2 aliphatic rings. The molecule has 5 nitrogen and oxygen atoms in total. The predicted octanol–water partition coefficient (Wildman–Crippen LogP) is 3.80. The van der Waals surface area contributed by atoms with Crippen molar-refractivity contribution >= 4 is 46.0 Å². The zero-order chi connectivity index (χ0) is 17.0. The van der Waals surface area contributed by atoms with Crippen LogP contribution in [0.4, 0.5) is 0 Å². The fourth-order valence-electron chi connectivity index (χ4n) is 4.26. The monoisotopic (exact) mass is 366 g/mol. The number of amides is 1. The van der Waals surface area contributed by atoms with Crippen molar-refractivity contribution < 1.29 is 14.7 Å². The van der Waals surface area contributed by atoms with Crippen LogP contribution in [-0.2, 0) is 4.79 Å². The Morgan fingerprint density at radius 3 is 2.75 bits per heavy atom. The largest absolute Gasteiger partial charge is 0.480 e. The standard InChI is InChI=1S/C17H16Cl2N2O3/c18-9-4-12(19)11-6-14(20-13(11)5-9)16(22)21-7-8-2-1-3-10(8)15(21)17(23)24/h4-6,8,10,15,20H,1-3,7H2,(H,23,24)/t8-,10-,15-/m0/s1. The molecule has 3 atom stereocenters. The average Bonchev–Trinajstić information content (AvgIpc) is 3.18. The van der Waals surface area contributed by atoms with Gasteiger partial charge in [0.25, 0.3) is 5.91 Å². The van der Waals surface area contributed by atoms with Crippen LogP contribution in [0.15, 0.2) is 18.2 Å². The third kappa shape index (κ3) is 2.38. The summed E-state index contributed by atoms with van der Waals surface area (Å²) in [4.78, 5) is 29.2. The third-order valence-corrected chi connectivity index (χ3v) is 5.82. The summed E-state index contributed by atoms with van der Waals surface area (Å²) in [7, 11) is 0. The molecular weight excluding hydrogens is 351 g/mol. The van der Waals surface area contributed by atoms with Crippen molar-refractivity contribution in [2.24, 2.45) is 11.8 Å². The second kappa shape index (κ2) is 5.67. The highest BCUT2D eigenvalue weighted by molar-refractivity contribution is 6.38. The Bertz CT molecular complexity index is 848. The summed E-state index contributed by atoms with van der Waals surface area (Å²) >= 11 is 12.2. The number of halogens is 2. The quantitative estimate of drug-likeness (QED) is 0.848. The lowest BCUT2D eigenvalue weighted by atomic mass is 9.94. The van der Waals surface area contributed by atoms with E-state index in [1.54, 1.807) is 18.2 Å². The summed E-state index contributed by atoms with van der Waals surface area (Å²) in [5.74, 6) is -0.860. The molecule has 4 rings (SSSR count). The van der Waals surface area contributed by atoms with Gasteiger partial charge in [-0.25, -0.2) is 4.79 Å². The van der Waals surface area contributed by atoms with Gasteiger partial charge in [-0.15, -0.1) is 0 Å². The van der Waals surface area contributed by atoms with Crippen LogP contribution >= 0.6 is 23.2 Å². The van der Waals surface area contributed by atoms with E-state index in [-0.39, 0.29) is 17.7 Å². The summed E-state index contributed by atoms with van der Waals surface area (Å²) in [6.45, 7) is 0.504. The lowest BCUT2D eigenvalue weighted by Gasteiger charge is -2.23. The van der Waals surface area contributed by atoms with E-state index >= 15 is 0 Å². The van der Waals surface area contributed by atoms with Crippen LogP contribution < -0.4 is 0 Å².